The number of urea groups is 1. The number of primary amides is 1. The first-order valence-electron chi connectivity index (χ1n) is 5.10. The van der Waals surface area contributed by atoms with E-state index in [4.69, 9.17) is 10.8 Å². The first kappa shape index (κ1) is 15.4. The predicted molar refractivity (Wildman–Crippen MR) is 68.8 cm³/mol. The molecule has 2 amide bonds. The molecule has 19 heavy (non-hydrogen) atoms. The summed E-state index contributed by atoms with van der Waals surface area (Å²) in [4.78, 5) is 21.4. The molecule has 0 radical (unpaired) electrons. The maximum atomic E-state index is 11.9. The molecule has 0 aromatic carbocycles. The summed E-state index contributed by atoms with van der Waals surface area (Å²) in [5.41, 5.74) is 4.82. The van der Waals surface area contributed by atoms with Gasteiger partial charge in [-0.25, -0.2) is 22.7 Å². The Morgan fingerprint density at radius 2 is 2.05 bits per heavy atom. The lowest BCUT2D eigenvalue weighted by molar-refractivity contribution is 0.0702. The van der Waals surface area contributed by atoms with E-state index in [1.807, 2.05) is 0 Å². The number of sulfonamides is 1. The second-order valence-corrected chi connectivity index (χ2v) is 6.52. The zero-order valence-electron chi connectivity index (χ0n) is 9.97. The van der Waals surface area contributed by atoms with Crippen molar-refractivity contribution in [2.45, 2.75) is 11.8 Å². The number of amides is 2. The van der Waals surface area contributed by atoms with Crippen molar-refractivity contribution < 1.29 is 23.1 Å². The number of carboxylic acid groups (broad SMARTS) is 1. The Morgan fingerprint density at radius 1 is 1.42 bits per heavy atom. The van der Waals surface area contributed by atoms with E-state index >= 15 is 0 Å². The minimum atomic E-state index is -3.80. The molecule has 0 aliphatic rings. The molecule has 0 aliphatic heterocycles. The van der Waals surface area contributed by atoms with E-state index in [-0.39, 0.29) is 22.9 Å². The highest BCUT2D eigenvalue weighted by atomic mass is 32.2. The van der Waals surface area contributed by atoms with Gasteiger partial charge in [0.05, 0.1) is 4.90 Å². The highest BCUT2D eigenvalue weighted by Crippen LogP contribution is 2.25. The number of nitrogens with one attached hydrogen (secondary N) is 2. The van der Waals surface area contributed by atoms with Gasteiger partial charge in [0.15, 0.2) is 0 Å². The molecule has 10 heteroatoms. The Labute approximate surface area is 113 Å². The Hall–Kier alpha value is -1.65. The molecule has 0 fully saturated rings. The van der Waals surface area contributed by atoms with Gasteiger partial charge >= 0.3 is 12.0 Å². The number of aromatic carboxylic acids is 1. The molecule has 1 heterocycles. The zero-order valence-corrected chi connectivity index (χ0v) is 11.6. The van der Waals surface area contributed by atoms with E-state index in [2.05, 4.69) is 10.0 Å². The summed E-state index contributed by atoms with van der Waals surface area (Å²) in [5, 5.41) is 11.0. The molecule has 1 rings (SSSR count). The second-order valence-electron chi connectivity index (χ2n) is 3.53. The van der Waals surface area contributed by atoms with Crippen LogP contribution in [0.3, 0.4) is 0 Å². The van der Waals surface area contributed by atoms with Crippen molar-refractivity contribution in [3.8, 4) is 0 Å². The molecule has 0 aliphatic carbocycles. The van der Waals surface area contributed by atoms with Crippen LogP contribution in [-0.4, -0.2) is 38.6 Å². The summed E-state index contributed by atoms with van der Waals surface area (Å²) in [5.74, 6) is -1.18. The molecule has 8 nitrogen and oxygen atoms in total. The van der Waals surface area contributed by atoms with E-state index < -0.39 is 22.0 Å². The predicted octanol–water partition coefficient (Wildman–Crippen LogP) is -0.299. The van der Waals surface area contributed by atoms with Crippen LogP contribution in [-0.2, 0) is 10.0 Å². The van der Waals surface area contributed by atoms with Gasteiger partial charge in [0, 0.05) is 18.0 Å². The van der Waals surface area contributed by atoms with E-state index in [1.165, 1.54) is 6.92 Å². The fourth-order valence-corrected chi connectivity index (χ4v) is 3.75. The molecule has 0 bridgehead atoms. The fraction of sp³-hybridized carbons (Fsp3) is 0.333. The maximum Gasteiger partial charge on any atom is 0.345 e. The van der Waals surface area contributed by atoms with Crippen molar-refractivity contribution in [2.75, 3.05) is 13.1 Å². The van der Waals surface area contributed by atoms with Crippen LogP contribution in [0.1, 0.15) is 14.5 Å². The standard InChI is InChI=1S/C9H13N3O5S2/c1-5-7(4-6(18-5)8(13)14)19(16,17)12-3-2-11-9(10)15/h4,12H,2-3H2,1H3,(H,13,14)(H3,10,11,15). The van der Waals surface area contributed by atoms with Crippen molar-refractivity contribution in [3.05, 3.63) is 15.8 Å². The van der Waals surface area contributed by atoms with Crippen LogP contribution in [0, 0.1) is 6.92 Å². The van der Waals surface area contributed by atoms with Gasteiger partial charge in [-0.2, -0.15) is 0 Å². The molecule has 0 saturated heterocycles. The summed E-state index contributed by atoms with van der Waals surface area (Å²) in [6, 6.07) is 0.352. The topological polar surface area (TPSA) is 139 Å². The Bertz CT molecular complexity index is 593. The summed E-state index contributed by atoms with van der Waals surface area (Å²) in [6.07, 6.45) is 0. The number of hydrogen-bond acceptors (Lipinski definition) is 5. The summed E-state index contributed by atoms with van der Waals surface area (Å²) in [6.45, 7) is 1.53. The van der Waals surface area contributed by atoms with E-state index in [0.717, 1.165) is 17.4 Å². The minimum absolute atomic E-state index is 0.0387. The van der Waals surface area contributed by atoms with Gasteiger partial charge in [0.1, 0.15) is 4.88 Å². The summed E-state index contributed by atoms with van der Waals surface area (Å²) in [7, 11) is -3.80. The van der Waals surface area contributed by atoms with Crippen LogP contribution < -0.4 is 15.8 Å². The van der Waals surface area contributed by atoms with Crippen LogP contribution in [0.5, 0.6) is 0 Å². The number of carbonyl (C=O) groups excluding carboxylic acids is 1. The SMILES string of the molecule is Cc1sc(C(=O)O)cc1S(=O)(=O)NCCNC(N)=O. The number of rotatable bonds is 6. The third-order valence-corrected chi connectivity index (χ3v) is 4.84. The van der Waals surface area contributed by atoms with Gasteiger partial charge in [-0.15, -0.1) is 11.3 Å². The second kappa shape index (κ2) is 5.99. The third-order valence-electron chi connectivity index (χ3n) is 2.09. The molecule has 5 N–H and O–H groups in total. The molecule has 0 atom stereocenters. The van der Waals surface area contributed by atoms with Gasteiger partial charge in [-0.05, 0) is 13.0 Å². The van der Waals surface area contributed by atoms with E-state index in [9.17, 15) is 18.0 Å². The zero-order chi connectivity index (χ0) is 14.6. The lowest BCUT2D eigenvalue weighted by Crippen LogP contribution is -2.37. The minimum Gasteiger partial charge on any atom is -0.477 e. The normalized spacial score (nSPS) is 11.2. The molecule has 1 aromatic rings. The number of aryl methyl sites for hydroxylation is 1. The largest absolute Gasteiger partial charge is 0.477 e. The molecule has 0 saturated carbocycles. The van der Waals surface area contributed by atoms with Crippen molar-refractivity contribution in [1.82, 2.24) is 10.0 Å². The number of carbonyl (C=O) groups is 2. The summed E-state index contributed by atoms with van der Waals surface area (Å²) < 4.78 is 26.0. The Morgan fingerprint density at radius 3 is 2.53 bits per heavy atom. The highest BCUT2D eigenvalue weighted by Gasteiger charge is 2.21. The molecule has 0 unspecified atom stereocenters. The van der Waals surface area contributed by atoms with Crippen molar-refractivity contribution in [3.63, 3.8) is 0 Å². The van der Waals surface area contributed by atoms with Crippen LogP contribution in [0.25, 0.3) is 0 Å². The van der Waals surface area contributed by atoms with Gasteiger partial charge in [0.25, 0.3) is 0 Å². The van der Waals surface area contributed by atoms with Crippen molar-refractivity contribution >= 4 is 33.4 Å². The van der Waals surface area contributed by atoms with Crippen LogP contribution in [0.15, 0.2) is 11.0 Å². The number of nitrogens with two attached hydrogens (primary N) is 1. The quantitative estimate of drug-likeness (QED) is 0.534. The fourth-order valence-electron chi connectivity index (χ4n) is 1.29. The Balaban J connectivity index is 2.77. The number of thiophene rings is 1. The summed E-state index contributed by atoms with van der Waals surface area (Å²) >= 11 is 0.885. The van der Waals surface area contributed by atoms with Gasteiger partial charge in [-0.1, -0.05) is 0 Å². The first-order chi connectivity index (χ1) is 8.74. The monoisotopic (exact) mass is 307 g/mol. The van der Waals surface area contributed by atoms with Gasteiger partial charge in [0.2, 0.25) is 10.0 Å². The molecule has 1 aromatic heterocycles. The molecular weight excluding hydrogens is 294 g/mol. The third kappa shape index (κ3) is 4.19. The van der Waals surface area contributed by atoms with Gasteiger partial charge in [-0.3, -0.25) is 0 Å². The van der Waals surface area contributed by atoms with Gasteiger partial charge < -0.3 is 16.2 Å². The smallest absolute Gasteiger partial charge is 0.345 e. The average molecular weight is 307 g/mol. The van der Waals surface area contributed by atoms with E-state index in [1.54, 1.807) is 0 Å². The van der Waals surface area contributed by atoms with Crippen molar-refractivity contribution in [2.24, 2.45) is 5.73 Å². The lowest BCUT2D eigenvalue weighted by atomic mass is 10.4. The van der Waals surface area contributed by atoms with Crippen LogP contribution in [0.2, 0.25) is 0 Å². The maximum absolute atomic E-state index is 11.9. The first-order valence-corrected chi connectivity index (χ1v) is 7.40. The van der Waals surface area contributed by atoms with Crippen molar-refractivity contribution in [1.29, 1.82) is 0 Å². The van der Waals surface area contributed by atoms with Crippen LogP contribution >= 0.6 is 11.3 Å². The lowest BCUT2D eigenvalue weighted by Gasteiger charge is -2.06. The number of hydrogen-bond donors (Lipinski definition) is 4. The highest BCUT2D eigenvalue weighted by molar-refractivity contribution is 7.89. The molecular formula is C9H13N3O5S2. The number of carboxylic acids is 1. The van der Waals surface area contributed by atoms with E-state index in [0.29, 0.717) is 4.88 Å². The average Bonchev–Trinajstić information content (AvgIpc) is 2.67. The molecule has 106 valence electrons. The van der Waals surface area contributed by atoms with Crippen LogP contribution in [0.4, 0.5) is 4.79 Å². The molecule has 0 spiro atoms. The Kier molecular flexibility index (Phi) is 4.86.